The van der Waals surface area contributed by atoms with Gasteiger partial charge in [0.25, 0.3) is 0 Å². The van der Waals surface area contributed by atoms with E-state index in [9.17, 15) is 0 Å². The number of thiocarbonyl (C=S) groups is 1. The van der Waals surface area contributed by atoms with Crippen molar-refractivity contribution >= 4 is 17.2 Å². The van der Waals surface area contributed by atoms with Crippen molar-refractivity contribution in [1.29, 1.82) is 0 Å². The van der Waals surface area contributed by atoms with Crippen LogP contribution in [0.15, 0.2) is 54.6 Å². The lowest BCUT2D eigenvalue weighted by molar-refractivity contribution is 0.536. The van der Waals surface area contributed by atoms with Gasteiger partial charge in [0.2, 0.25) is 0 Å². The van der Waals surface area contributed by atoms with E-state index in [1.54, 1.807) is 0 Å². The van der Waals surface area contributed by atoms with Crippen LogP contribution in [0.5, 0.6) is 0 Å². The lowest BCUT2D eigenvalue weighted by Crippen LogP contribution is -2.09. The first-order chi connectivity index (χ1) is 14.8. The first-order valence-corrected chi connectivity index (χ1v) is 12.6. The summed E-state index contributed by atoms with van der Waals surface area (Å²) in [4.78, 5) is 0.500. The normalized spacial score (nSPS) is 10.9. The second-order valence-corrected chi connectivity index (χ2v) is 9.09. The molecule has 0 amide bonds. The molecule has 0 spiro atoms. The van der Waals surface area contributed by atoms with Crippen LogP contribution in [0.25, 0.3) is 0 Å². The molecule has 0 saturated heterocycles. The van der Waals surface area contributed by atoms with Crippen LogP contribution in [0.1, 0.15) is 100 Å². The van der Waals surface area contributed by atoms with Gasteiger partial charge in [-0.2, -0.15) is 0 Å². The van der Waals surface area contributed by atoms with Crippen LogP contribution in [-0.2, 0) is 12.8 Å². The lowest BCUT2D eigenvalue weighted by atomic mass is 10.0. The maximum absolute atomic E-state index is 5.71. The Balaban J connectivity index is 1.32. The van der Waals surface area contributed by atoms with Gasteiger partial charge in [0.15, 0.2) is 0 Å². The topological polar surface area (TPSA) is 26.0 Å². The molecule has 2 aromatic carbocycles. The van der Waals surface area contributed by atoms with Crippen LogP contribution >= 0.6 is 12.2 Å². The van der Waals surface area contributed by atoms with E-state index in [1.165, 1.54) is 101 Å². The van der Waals surface area contributed by atoms with Crippen molar-refractivity contribution in [3.8, 4) is 0 Å². The van der Waals surface area contributed by atoms with Crippen LogP contribution in [0.4, 0.5) is 0 Å². The molecule has 2 rings (SSSR count). The zero-order chi connectivity index (χ0) is 21.3. The summed E-state index contributed by atoms with van der Waals surface area (Å²) < 4.78 is 0. The van der Waals surface area contributed by atoms with Crippen molar-refractivity contribution in [2.75, 3.05) is 0 Å². The average Bonchev–Trinajstić information content (AvgIpc) is 2.77. The molecule has 0 radical (unpaired) electrons. The minimum absolute atomic E-state index is 0.500. The summed E-state index contributed by atoms with van der Waals surface area (Å²) in [6, 6.07) is 19.3. The molecule has 30 heavy (non-hydrogen) atoms. The zero-order valence-electron chi connectivity index (χ0n) is 18.8. The largest absolute Gasteiger partial charge is 0.389 e. The first-order valence-electron chi connectivity index (χ1n) is 12.2. The van der Waals surface area contributed by atoms with E-state index in [-0.39, 0.29) is 0 Å². The third-order valence-corrected chi connectivity index (χ3v) is 6.22. The minimum atomic E-state index is 0.500. The highest BCUT2D eigenvalue weighted by atomic mass is 32.1. The minimum Gasteiger partial charge on any atom is -0.389 e. The van der Waals surface area contributed by atoms with Gasteiger partial charge in [0, 0.05) is 5.56 Å². The van der Waals surface area contributed by atoms with E-state index >= 15 is 0 Å². The number of hydrogen-bond donors (Lipinski definition) is 1. The van der Waals surface area contributed by atoms with Gasteiger partial charge in [-0.25, -0.2) is 0 Å². The second kappa shape index (κ2) is 16.1. The highest BCUT2D eigenvalue weighted by Crippen LogP contribution is 2.15. The molecule has 0 aliphatic heterocycles. The van der Waals surface area contributed by atoms with Gasteiger partial charge in [0.05, 0.1) is 0 Å². The van der Waals surface area contributed by atoms with Crippen molar-refractivity contribution in [2.45, 2.75) is 96.3 Å². The fraction of sp³-hybridized carbons (Fsp3) is 0.536. The van der Waals surface area contributed by atoms with E-state index in [2.05, 4.69) is 48.5 Å². The molecule has 164 valence electrons. The van der Waals surface area contributed by atoms with Crippen molar-refractivity contribution in [2.24, 2.45) is 5.73 Å². The summed E-state index contributed by atoms with van der Waals surface area (Å²) in [5.74, 6) is 0. The number of nitrogens with two attached hydrogens (primary N) is 1. The average molecular weight is 424 g/mol. The monoisotopic (exact) mass is 423 g/mol. The summed E-state index contributed by atoms with van der Waals surface area (Å²) in [6.45, 7) is 0. The number of benzene rings is 2. The number of aryl methyl sites for hydroxylation is 2. The summed E-state index contributed by atoms with van der Waals surface area (Å²) >= 11 is 5.06. The highest BCUT2D eigenvalue weighted by molar-refractivity contribution is 7.80. The molecule has 2 N–H and O–H groups in total. The van der Waals surface area contributed by atoms with Gasteiger partial charge in [0.1, 0.15) is 4.99 Å². The molecule has 2 aromatic rings. The van der Waals surface area contributed by atoms with E-state index in [4.69, 9.17) is 18.0 Å². The molecule has 0 unspecified atom stereocenters. The van der Waals surface area contributed by atoms with E-state index in [1.807, 2.05) is 6.07 Å². The molecule has 0 aliphatic rings. The molecule has 0 fully saturated rings. The van der Waals surface area contributed by atoms with Gasteiger partial charge in [-0.1, -0.05) is 131 Å². The van der Waals surface area contributed by atoms with Gasteiger partial charge < -0.3 is 5.73 Å². The van der Waals surface area contributed by atoms with Gasteiger partial charge in [-0.15, -0.1) is 0 Å². The number of hydrogen-bond acceptors (Lipinski definition) is 1. The highest BCUT2D eigenvalue weighted by Gasteiger charge is 1.99. The molecule has 0 saturated carbocycles. The Kier molecular flexibility index (Phi) is 13.2. The summed E-state index contributed by atoms with van der Waals surface area (Å²) in [7, 11) is 0. The third kappa shape index (κ3) is 11.5. The summed E-state index contributed by atoms with van der Waals surface area (Å²) in [5.41, 5.74) is 9.56. The van der Waals surface area contributed by atoms with Crippen molar-refractivity contribution < 1.29 is 0 Å². The molecule has 2 heteroatoms. The van der Waals surface area contributed by atoms with Crippen LogP contribution < -0.4 is 5.73 Å². The molecule has 0 aliphatic carbocycles. The van der Waals surface area contributed by atoms with E-state index in [0.29, 0.717) is 4.99 Å². The molecular formula is C28H41NS. The van der Waals surface area contributed by atoms with Crippen molar-refractivity contribution in [3.05, 3.63) is 71.3 Å². The van der Waals surface area contributed by atoms with Crippen LogP contribution in [0.2, 0.25) is 0 Å². The molecule has 1 nitrogen and oxygen atoms in total. The second-order valence-electron chi connectivity index (χ2n) is 8.65. The predicted molar refractivity (Wildman–Crippen MR) is 136 cm³/mol. The Morgan fingerprint density at radius 2 is 0.967 bits per heavy atom. The maximum atomic E-state index is 5.71. The molecule has 0 bridgehead atoms. The smallest absolute Gasteiger partial charge is 0.103 e. The third-order valence-electron chi connectivity index (χ3n) is 5.99. The van der Waals surface area contributed by atoms with Gasteiger partial charge in [-0.3, -0.25) is 0 Å². The fourth-order valence-corrected chi connectivity index (χ4v) is 4.25. The van der Waals surface area contributed by atoms with E-state index in [0.717, 1.165) is 12.0 Å². The Hall–Kier alpha value is -1.67. The van der Waals surface area contributed by atoms with Gasteiger partial charge in [-0.05, 0) is 42.9 Å². The molecule has 0 heterocycles. The standard InChI is InChI=1S/C28H41NS/c29-28(30)27-23-17-22-26(24-27)21-14-11-9-7-5-3-1-2-4-6-8-10-13-18-25-19-15-12-16-20-25/h12,15-17,19-20,22-24H,1-11,13-14,18,21H2,(H2,29,30). The molecular weight excluding hydrogens is 382 g/mol. The lowest BCUT2D eigenvalue weighted by Gasteiger charge is -2.05. The predicted octanol–water partition coefficient (Wildman–Crippen LogP) is 8.18. The number of unbranched alkanes of at least 4 members (excludes halogenated alkanes) is 12. The SMILES string of the molecule is NC(=S)c1cccc(CCCCCCCCCCCCCCCc2ccccc2)c1. The zero-order valence-corrected chi connectivity index (χ0v) is 19.6. The van der Waals surface area contributed by atoms with Crippen molar-refractivity contribution in [3.63, 3.8) is 0 Å². The number of rotatable bonds is 17. The van der Waals surface area contributed by atoms with Gasteiger partial charge >= 0.3 is 0 Å². The fourth-order valence-electron chi connectivity index (χ4n) is 4.13. The van der Waals surface area contributed by atoms with Crippen LogP contribution in [0, 0.1) is 0 Å². The van der Waals surface area contributed by atoms with E-state index < -0.39 is 0 Å². The Bertz CT molecular complexity index is 695. The Labute approximate surface area is 190 Å². The summed E-state index contributed by atoms with van der Waals surface area (Å²) in [5, 5.41) is 0. The first kappa shape index (κ1) is 24.6. The summed E-state index contributed by atoms with van der Waals surface area (Å²) in [6.07, 6.45) is 20.4. The Morgan fingerprint density at radius 3 is 1.47 bits per heavy atom. The quantitative estimate of drug-likeness (QED) is 0.205. The van der Waals surface area contributed by atoms with Crippen LogP contribution in [0.3, 0.4) is 0 Å². The van der Waals surface area contributed by atoms with Crippen molar-refractivity contribution in [1.82, 2.24) is 0 Å². The molecule has 0 atom stereocenters. The maximum Gasteiger partial charge on any atom is 0.103 e. The molecule has 0 aromatic heterocycles. The Morgan fingerprint density at radius 1 is 0.533 bits per heavy atom. The van der Waals surface area contributed by atoms with Crippen LogP contribution in [-0.4, -0.2) is 4.99 Å².